The standard InChI is InChI=1S/C15H22N2O4S/c1-5-7-11-8-12(22-10(11)4)14(19)21-9(3)13(18)17-15(20)16-6-2/h8-9H,5-7H2,1-4H3,(H2,16,17,18,20). The van der Waals surface area contributed by atoms with Crippen molar-refractivity contribution in [1.82, 2.24) is 10.6 Å². The topological polar surface area (TPSA) is 84.5 Å². The molecule has 0 bridgehead atoms. The molecule has 1 aromatic heterocycles. The fraction of sp³-hybridized carbons (Fsp3) is 0.533. The van der Waals surface area contributed by atoms with Crippen LogP contribution in [0.4, 0.5) is 4.79 Å². The summed E-state index contributed by atoms with van der Waals surface area (Å²) in [6.07, 6.45) is 0.868. The van der Waals surface area contributed by atoms with Gasteiger partial charge in [0.15, 0.2) is 6.10 Å². The molecule has 0 aromatic carbocycles. The molecule has 1 heterocycles. The summed E-state index contributed by atoms with van der Waals surface area (Å²) in [4.78, 5) is 36.6. The molecule has 0 radical (unpaired) electrons. The van der Waals surface area contributed by atoms with Crippen LogP contribution in [0.5, 0.6) is 0 Å². The maximum Gasteiger partial charge on any atom is 0.349 e. The van der Waals surface area contributed by atoms with Gasteiger partial charge in [-0.15, -0.1) is 11.3 Å². The Balaban J connectivity index is 2.61. The van der Waals surface area contributed by atoms with Crippen LogP contribution >= 0.6 is 11.3 Å². The van der Waals surface area contributed by atoms with E-state index < -0.39 is 24.0 Å². The lowest BCUT2D eigenvalue weighted by Crippen LogP contribution is -2.44. The molecule has 0 saturated heterocycles. The fourth-order valence-corrected chi connectivity index (χ4v) is 2.78. The van der Waals surface area contributed by atoms with E-state index in [1.165, 1.54) is 18.3 Å². The first-order valence-electron chi connectivity index (χ1n) is 7.28. The molecule has 6 nitrogen and oxygen atoms in total. The summed E-state index contributed by atoms with van der Waals surface area (Å²) in [6.45, 7) is 7.60. The van der Waals surface area contributed by atoms with Gasteiger partial charge in [-0.2, -0.15) is 0 Å². The summed E-state index contributed by atoms with van der Waals surface area (Å²) in [5, 5.41) is 4.54. The van der Waals surface area contributed by atoms with Gasteiger partial charge in [0.1, 0.15) is 4.88 Å². The molecular formula is C15H22N2O4S. The number of amides is 3. The van der Waals surface area contributed by atoms with E-state index in [1.54, 1.807) is 13.0 Å². The van der Waals surface area contributed by atoms with Gasteiger partial charge in [0, 0.05) is 11.4 Å². The normalized spacial score (nSPS) is 11.6. The molecule has 1 unspecified atom stereocenters. The lowest BCUT2D eigenvalue weighted by molar-refractivity contribution is -0.127. The number of imide groups is 1. The second kappa shape index (κ2) is 8.53. The zero-order chi connectivity index (χ0) is 16.7. The average molecular weight is 326 g/mol. The van der Waals surface area contributed by atoms with Crippen LogP contribution in [0.15, 0.2) is 6.07 Å². The predicted octanol–water partition coefficient (Wildman–Crippen LogP) is 2.40. The van der Waals surface area contributed by atoms with Crippen molar-refractivity contribution in [3.05, 3.63) is 21.4 Å². The van der Waals surface area contributed by atoms with Crippen molar-refractivity contribution in [2.75, 3.05) is 6.54 Å². The molecule has 7 heteroatoms. The maximum atomic E-state index is 12.0. The van der Waals surface area contributed by atoms with Gasteiger partial charge in [-0.05, 0) is 38.8 Å². The molecule has 2 N–H and O–H groups in total. The van der Waals surface area contributed by atoms with E-state index in [2.05, 4.69) is 17.6 Å². The minimum Gasteiger partial charge on any atom is -0.448 e. The third kappa shape index (κ3) is 5.14. The van der Waals surface area contributed by atoms with Gasteiger partial charge in [-0.25, -0.2) is 9.59 Å². The Hall–Kier alpha value is -1.89. The summed E-state index contributed by atoms with van der Waals surface area (Å²) in [5.41, 5.74) is 1.12. The monoisotopic (exact) mass is 326 g/mol. The van der Waals surface area contributed by atoms with Crippen LogP contribution in [-0.4, -0.2) is 30.6 Å². The molecule has 0 aliphatic rings. The summed E-state index contributed by atoms with van der Waals surface area (Å²) in [6, 6.07) is 1.20. The Morgan fingerprint density at radius 2 is 2.00 bits per heavy atom. The molecule has 3 amide bonds. The average Bonchev–Trinajstić information content (AvgIpc) is 2.81. The lowest BCUT2D eigenvalue weighted by Gasteiger charge is -2.12. The van der Waals surface area contributed by atoms with Crippen LogP contribution in [0.25, 0.3) is 0 Å². The number of hydrogen-bond acceptors (Lipinski definition) is 5. The number of rotatable bonds is 6. The first kappa shape index (κ1) is 18.2. The lowest BCUT2D eigenvalue weighted by atomic mass is 10.1. The van der Waals surface area contributed by atoms with Gasteiger partial charge in [0.05, 0.1) is 0 Å². The van der Waals surface area contributed by atoms with Crippen molar-refractivity contribution in [2.24, 2.45) is 0 Å². The van der Waals surface area contributed by atoms with Gasteiger partial charge < -0.3 is 10.1 Å². The zero-order valence-electron chi connectivity index (χ0n) is 13.3. The fourth-order valence-electron chi connectivity index (χ4n) is 1.83. The van der Waals surface area contributed by atoms with Crippen molar-refractivity contribution in [2.45, 2.75) is 46.6 Å². The highest BCUT2D eigenvalue weighted by Crippen LogP contribution is 2.23. The zero-order valence-corrected chi connectivity index (χ0v) is 14.1. The predicted molar refractivity (Wildman–Crippen MR) is 85.1 cm³/mol. The van der Waals surface area contributed by atoms with Crippen molar-refractivity contribution >= 4 is 29.2 Å². The van der Waals surface area contributed by atoms with E-state index in [9.17, 15) is 14.4 Å². The Bertz CT molecular complexity index is 554. The summed E-state index contributed by atoms with van der Waals surface area (Å²) >= 11 is 1.35. The molecule has 1 rings (SSSR count). The highest BCUT2D eigenvalue weighted by atomic mass is 32.1. The summed E-state index contributed by atoms with van der Waals surface area (Å²) in [5.74, 6) is -1.20. The Labute approximate surface area is 134 Å². The number of hydrogen-bond donors (Lipinski definition) is 2. The molecule has 1 atom stereocenters. The van der Waals surface area contributed by atoms with Crippen LogP contribution < -0.4 is 10.6 Å². The van der Waals surface area contributed by atoms with Gasteiger partial charge in [-0.3, -0.25) is 10.1 Å². The second-order valence-corrected chi connectivity index (χ2v) is 6.09. The number of ether oxygens (including phenoxy) is 1. The van der Waals surface area contributed by atoms with E-state index in [0.29, 0.717) is 11.4 Å². The molecule has 0 fully saturated rings. The molecular weight excluding hydrogens is 304 g/mol. The van der Waals surface area contributed by atoms with Gasteiger partial charge >= 0.3 is 12.0 Å². The van der Waals surface area contributed by atoms with Gasteiger partial charge in [0.25, 0.3) is 5.91 Å². The van der Waals surface area contributed by atoms with E-state index >= 15 is 0 Å². The Morgan fingerprint density at radius 3 is 2.59 bits per heavy atom. The number of thiophene rings is 1. The maximum absolute atomic E-state index is 12.0. The van der Waals surface area contributed by atoms with Crippen LogP contribution in [0, 0.1) is 6.92 Å². The Kier molecular flexibility index (Phi) is 7.04. The van der Waals surface area contributed by atoms with Gasteiger partial charge in [0.2, 0.25) is 0 Å². The molecule has 22 heavy (non-hydrogen) atoms. The third-order valence-electron chi connectivity index (χ3n) is 2.97. The quantitative estimate of drug-likeness (QED) is 0.786. The van der Waals surface area contributed by atoms with E-state index in [4.69, 9.17) is 4.74 Å². The smallest absolute Gasteiger partial charge is 0.349 e. The van der Waals surface area contributed by atoms with E-state index in [1.807, 2.05) is 6.92 Å². The first-order valence-corrected chi connectivity index (χ1v) is 8.09. The van der Waals surface area contributed by atoms with Crippen LogP contribution in [0.2, 0.25) is 0 Å². The van der Waals surface area contributed by atoms with Crippen molar-refractivity contribution in [1.29, 1.82) is 0 Å². The van der Waals surface area contributed by atoms with Gasteiger partial charge in [-0.1, -0.05) is 13.3 Å². The van der Waals surface area contributed by atoms with E-state index in [-0.39, 0.29) is 0 Å². The SMILES string of the molecule is CCCc1cc(C(=O)OC(C)C(=O)NC(=O)NCC)sc1C. The van der Waals surface area contributed by atoms with Crippen molar-refractivity contribution < 1.29 is 19.1 Å². The van der Waals surface area contributed by atoms with Crippen molar-refractivity contribution in [3.8, 4) is 0 Å². The van der Waals surface area contributed by atoms with Crippen LogP contribution in [0.3, 0.4) is 0 Å². The largest absolute Gasteiger partial charge is 0.448 e. The van der Waals surface area contributed by atoms with Crippen LogP contribution in [0.1, 0.15) is 47.3 Å². The number of urea groups is 1. The summed E-state index contributed by atoms with van der Waals surface area (Å²) in [7, 11) is 0. The number of esters is 1. The highest BCUT2D eigenvalue weighted by molar-refractivity contribution is 7.14. The molecule has 0 saturated carbocycles. The number of aryl methyl sites for hydroxylation is 2. The minimum absolute atomic E-state index is 0.405. The van der Waals surface area contributed by atoms with Crippen LogP contribution in [-0.2, 0) is 16.0 Å². The number of nitrogens with one attached hydrogen (secondary N) is 2. The van der Waals surface area contributed by atoms with E-state index in [0.717, 1.165) is 23.3 Å². The first-order chi connectivity index (χ1) is 10.4. The molecule has 0 spiro atoms. The molecule has 1 aromatic rings. The number of carbonyl (C=O) groups is 3. The second-order valence-electron chi connectivity index (χ2n) is 4.84. The Morgan fingerprint density at radius 1 is 1.32 bits per heavy atom. The summed E-state index contributed by atoms with van der Waals surface area (Å²) < 4.78 is 5.10. The molecule has 0 aliphatic heterocycles. The minimum atomic E-state index is -1.04. The highest BCUT2D eigenvalue weighted by Gasteiger charge is 2.22. The molecule has 122 valence electrons. The molecule has 0 aliphatic carbocycles. The number of carbonyl (C=O) groups excluding carboxylic acids is 3. The van der Waals surface area contributed by atoms with Crippen molar-refractivity contribution in [3.63, 3.8) is 0 Å². The third-order valence-corrected chi connectivity index (χ3v) is 4.04.